The molecule has 0 saturated carbocycles. The first-order chi connectivity index (χ1) is 8.31. The molecule has 7 heteroatoms. The number of methoxy groups -OCH3 is 1. The summed E-state index contributed by atoms with van der Waals surface area (Å²) < 4.78 is 5.14. The van der Waals surface area contributed by atoms with Gasteiger partial charge in [-0.05, 0) is 0 Å². The Bertz CT molecular complexity index is 474. The van der Waals surface area contributed by atoms with Crippen LogP contribution in [0.25, 0.3) is 0 Å². The molecule has 0 fully saturated rings. The van der Waals surface area contributed by atoms with E-state index in [1.807, 2.05) is 10.9 Å². The van der Waals surface area contributed by atoms with Crippen LogP contribution in [0.2, 0.25) is 0 Å². The summed E-state index contributed by atoms with van der Waals surface area (Å²) in [5, 5.41) is 5.17. The molecule has 0 bridgehead atoms. The number of aromatic nitrogens is 3. The van der Waals surface area contributed by atoms with Gasteiger partial charge in [0.25, 0.3) is 0 Å². The Hall–Kier alpha value is -1.89. The van der Waals surface area contributed by atoms with Crippen molar-refractivity contribution in [3.05, 3.63) is 22.9 Å². The van der Waals surface area contributed by atoms with Crippen LogP contribution in [-0.4, -0.2) is 28.6 Å². The molecule has 0 aliphatic carbocycles. The van der Waals surface area contributed by atoms with Crippen molar-refractivity contribution < 1.29 is 4.74 Å². The van der Waals surface area contributed by atoms with Crippen molar-refractivity contribution in [1.29, 1.82) is 0 Å². The van der Waals surface area contributed by atoms with Crippen LogP contribution in [0.5, 0.6) is 5.75 Å². The van der Waals surface area contributed by atoms with E-state index in [0.29, 0.717) is 17.4 Å². The van der Waals surface area contributed by atoms with Crippen molar-refractivity contribution in [3.63, 3.8) is 0 Å². The molecule has 2 aromatic rings. The summed E-state index contributed by atoms with van der Waals surface area (Å²) in [7, 11) is 1.54. The maximum atomic E-state index is 5.67. The van der Waals surface area contributed by atoms with Crippen LogP contribution in [0.15, 0.2) is 17.2 Å². The fourth-order valence-electron chi connectivity index (χ4n) is 1.38. The molecule has 0 amide bonds. The molecule has 6 nitrogen and oxygen atoms in total. The van der Waals surface area contributed by atoms with Gasteiger partial charge in [-0.25, -0.2) is 15.0 Å². The first-order valence-corrected chi connectivity index (χ1v) is 6.01. The van der Waals surface area contributed by atoms with Gasteiger partial charge in [0.15, 0.2) is 11.6 Å². The summed E-state index contributed by atoms with van der Waals surface area (Å²) in [6, 6.07) is 0. The van der Waals surface area contributed by atoms with Crippen molar-refractivity contribution in [2.75, 3.05) is 24.7 Å². The molecule has 0 saturated heterocycles. The summed E-state index contributed by atoms with van der Waals surface area (Å²) >= 11 is 1.59. The number of hydrogen-bond acceptors (Lipinski definition) is 7. The fraction of sp³-hybridized carbons (Fsp3) is 0.300. The maximum Gasteiger partial charge on any atom is 0.203 e. The van der Waals surface area contributed by atoms with E-state index in [-0.39, 0.29) is 0 Å². The van der Waals surface area contributed by atoms with Gasteiger partial charge in [0.1, 0.15) is 6.33 Å². The van der Waals surface area contributed by atoms with E-state index in [4.69, 9.17) is 10.5 Å². The van der Waals surface area contributed by atoms with Gasteiger partial charge in [0.05, 0.1) is 18.3 Å². The molecule has 0 aliphatic rings. The number of nitrogen functional groups attached to an aromatic ring is 1. The Balaban J connectivity index is 1.97. The van der Waals surface area contributed by atoms with Gasteiger partial charge in [-0.1, -0.05) is 0 Å². The molecule has 0 spiro atoms. The highest BCUT2D eigenvalue weighted by Gasteiger charge is 2.08. The lowest BCUT2D eigenvalue weighted by molar-refractivity contribution is 0.415. The molecule has 0 unspecified atom stereocenters. The predicted molar refractivity (Wildman–Crippen MR) is 67.3 cm³/mol. The average molecular weight is 251 g/mol. The molecular formula is C10H13N5OS. The Labute approximate surface area is 103 Å². The lowest BCUT2D eigenvalue weighted by atomic mass is 10.3. The van der Waals surface area contributed by atoms with Gasteiger partial charge in [-0.2, -0.15) is 0 Å². The van der Waals surface area contributed by atoms with Crippen LogP contribution in [-0.2, 0) is 6.42 Å². The first-order valence-electron chi connectivity index (χ1n) is 5.06. The number of ether oxygens (including phenoxy) is 1. The van der Waals surface area contributed by atoms with Gasteiger partial charge in [0.2, 0.25) is 5.75 Å². The van der Waals surface area contributed by atoms with Gasteiger partial charge in [-0.15, -0.1) is 11.3 Å². The van der Waals surface area contributed by atoms with Crippen LogP contribution in [0.1, 0.15) is 5.69 Å². The third-order valence-corrected chi connectivity index (χ3v) is 2.83. The highest BCUT2D eigenvalue weighted by atomic mass is 32.1. The molecule has 0 atom stereocenters. The second-order valence-electron chi connectivity index (χ2n) is 3.30. The average Bonchev–Trinajstić information content (AvgIpc) is 2.82. The van der Waals surface area contributed by atoms with Crippen molar-refractivity contribution in [3.8, 4) is 5.75 Å². The lowest BCUT2D eigenvalue weighted by Crippen LogP contribution is -2.09. The van der Waals surface area contributed by atoms with E-state index in [0.717, 1.165) is 18.7 Å². The molecule has 2 aromatic heterocycles. The van der Waals surface area contributed by atoms with E-state index < -0.39 is 0 Å². The summed E-state index contributed by atoms with van der Waals surface area (Å²) in [4.78, 5) is 12.1. The van der Waals surface area contributed by atoms with E-state index in [1.54, 1.807) is 18.4 Å². The first kappa shape index (κ1) is 11.6. The van der Waals surface area contributed by atoms with Crippen LogP contribution >= 0.6 is 11.3 Å². The van der Waals surface area contributed by atoms with Crippen molar-refractivity contribution in [1.82, 2.24) is 15.0 Å². The molecule has 0 radical (unpaired) electrons. The zero-order valence-corrected chi connectivity index (χ0v) is 10.2. The van der Waals surface area contributed by atoms with E-state index in [2.05, 4.69) is 20.3 Å². The molecule has 90 valence electrons. The zero-order valence-electron chi connectivity index (χ0n) is 9.38. The molecule has 17 heavy (non-hydrogen) atoms. The zero-order chi connectivity index (χ0) is 12.1. The normalized spacial score (nSPS) is 10.2. The Kier molecular flexibility index (Phi) is 3.71. The molecule has 0 aromatic carbocycles. The third kappa shape index (κ3) is 2.82. The minimum atomic E-state index is 0.332. The lowest BCUT2D eigenvalue weighted by Gasteiger charge is -2.10. The quantitative estimate of drug-likeness (QED) is 0.830. The number of hydrogen-bond donors (Lipinski definition) is 2. The molecular weight excluding hydrogens is 238 g/mol. The maximum absolute atomic E-state index is 5.67. The highest BCUT2D eigenvalue weighted by Crippen LogP contribution is 2.25. The Morgan fingerprint density at radius 2 is 2.29 bits per heavy atom. The molecule has 2 heterocycles. The largest absolute Gasteiger partial charge is 0.490 e. The van der Waals surface area contributed by atoms with Gasteiger partial charge in [0, 0.05) is 18.3 Å². The minimum Gasteiger partial charge on any atom is -0.490 e. The Morgan fingerprint density at radius 3 is 3.00 bits per heavy atom. The van der Waals surface area contributed by atoms with E-state index in [1.165, 1.54) is 6.33 Å². The second-order valence-corrected chi connectivity index (χ2v) is 4.02. The van der Waals surface area contributed by atoms with Crippen molar-refractivity contribution in [2.45, 2.75) is 6.42 Å². The monoisotopic (exact) mass is 251 g/mol. The number of rotatable bonds is 5. The van der Waals surface area contributed by atoms with Gasteiger partial charge >= 0.3 is 0 Å². The minimum absolute atomic E-state index is 0.332. The van der Waals surface area contributed by atoms with Crippen LogP contribution in [0, 0.1) is 0 Å². The number of thiazole rings is 1. The standard InChI is InChI=1S/C10H13N5OS/c1-16-8-9(11)13-5-14-10(8)12-3-2-7-4-17-6-15-7/h4-6H,2-3H2,1H3,(H3,11,12,13,14). The van der Waals surface area contributed by atoms with E-state index in [9.17, 15) is 0 Å². The summed E-state index contributed by atoms with van der Waals surface area (Å²) in [5.41, 5.74) is 8.55. The van der Waals surface area contributed by atoms with Crippen LogP contribution in [0.4, 0.5) is 11.6 Å². The molecule has 0 aliphatic heterocycles. The smallest absolute Gasteiger partial charge is 0.203 e. The molecule has 3 N–H and O–H groups in total. The van der Waals surface area contributed by atoms with E-state index >= 15 is 0 Å². The predicted octanol–water partition coefficient (Wildman–Crippen LogP) is 1.18. The Morgan fingerprint density at radius 1 is 1.41 bits per heavy atom. The number of nitrogens with two attached hydrogens (primary N) is 1. The summed E-state index contributed by atoms with van der Waals surface area (Å²) in [6.45, 7) is 0.719. The molecule has 2 rings (SSSR count). The number of nitrogens with zero attached hydrogens (tertiary/aromatic N) is 3. The van der Waals surface area contributed by atoms with Crippen molar-refractivity contribution in [2.24, 2.45) is 0 Å². The van der Waals surface area contributed by atoms with Gasteiger partial charge < -0.3 is 15.8 Å². The third-order valence-electron chi connectivity index (χ3n) is 2.19. The topological polar surface area (TPSA) is 86.0 Å². The fourth-order valence-corrected chi connectivity index (χ4v) is 1.98. The van der Waals surface area contributed by atoms with Crippen molar-refractivity contribution >= 4 is 23.0 Å². The highest BCUT2D eigenvalue weighted by molar-refractivity contribution is 7.07. The van der Waals surface area contributed by atoms with Crippen LogP contribution < -0.4 is 15.8 Å². The SMILES string of the molecule is COc1c(N)ncnc1NCCc1cscn1. The van der Waals surface area contributed by atoms with Gasteiger partial charge in [-0.3, -0.25) is 0 Å². The number of nitrogens with one attached hydrogen (secondary N) is 1. The summed E-state index contributed by atoms with van der Waals surface area (Å²) in [6.07, 6.45) is 2.24. The number of anilines is 2. The van der Waals surface area contributed by atoms with Crippen LogP contribution in [0.3, 0.4) is 0 Å². The summed E-state index contributed by atoms with van der Waals surface area (Å²) in [5.74, 6) is 1.42. The second kappa shape index (κ2) is 5.44.